The Balaban J connectivity index is 2.43. The van der Waals surface area contributed by atoms with E-state index in [1.54, 1.807) is 11.8 Å². The first kappa shape index (κ1) is 12.6. The maximum atomic E-state index is 9.02. The van der Waals surface area contributed by atoms with Crippen LogP contribution in [0.3, 0.4) is 0 Å². The minimum atomic E-state index is 0.208. The third-order valence-corrected chi connectivity index (χ3v) is 3.21. The summed E-state index contributed by atoms with van der Waals surface area (Å²) in [6.45, 7) is 3.11. The van der Waals surface area contributed by atoms with Crippen molar-refractivity contribution in [1.82, 2.24) is 5.32 Å². The molecule has 0 bridgehead atoms. The molecule has 0 aliphatic carbocycles. The van der Waals surface area contributed by atoms with Crippen molar-refractivity contribution in [1.29, 1.82) is 0 Å². The van der Waals surface area contributed by atoms with Crippen molar-refractivity contribution in [3.05, 3.63) is 29.8 Å². The minimum absolute atomic E-state index is 0.208. The van der Waals surface area contributed by atoms with Crippen LogP contribution in [0.15, 0.2) is 29.2 Å². The van der Waals surface area contributed by atoms with E-state index in [1.807, 2.05) is 0 Å². The quantitative estimate of drug-likeness (QED) is 0.728. The molecule has 0 radical (unpaired) electrons. The molecule has 3 heteroatoms. The lowest BCUT2D eigenvalue weighted by Crippen LogP contribution is -2.31. The molecule has 0 amide bonds. The number of benzene rings is 1. The molecule has 0 aliphatic heterocycles. The zero-order chi connectivity index (χ0) is 11.1. The van der Waals surface area contributed by atoms with Gasteiger partial charge in [-0.2, -0.15) is 0 Å². The molecule has 15 heavy (non-hydrogen) atoms. The first-order valence-electron chi connectivity index (χ1n) is 5.27. The van der Waals surface area contributed by atoms with Gasteiger partial charge in [-0.15, -0.1) is 11.8 Å². The van der Waals surface area contributed by atoms with Crippen LogP contribution in [0.2, 0.25) is 0 Å². The Hall–Kier alpha value is -0.510. The normalized spacial score (nSPS) is 12.7. The fourth-order valence-corrected chi connectivity index (χ4v) is 1.75. The van der Waals surface area contributed by atoms with Gasteiger partial charge >= 0.3 is 0 Å². The van der Waals surface area contributed by atoms with Crippen LogP contribution in [0.4, 0.5) is 0 Å². The molecular formula is C12H19NOS. The van der Waals surface area contributed by atoms with Crippen LogP contribution < -0.4 is 5.32 Å². The summed E-state index contributed by atoms with van der Waals surface area (Å²) in [6, 6.07) is 8.72. The van der Waals surface area contributed by atoms with Gasteiger partial charge in [0.1, 0.15) is 0 Å². The lowest BCUT2D eigenvalue weighted by atomic mass is 10.2. The van der Waals surface area contributed by atoms with E-state index in [9.17, 15) is 0 Å². The third-order valence-electron chi connectivity index (χ3n) is 2.47. The minimum Gasteiger partial charge on any atom is -0.395 e. The first-order valence-corrected chi connectivity index (χ1v) is 6.49. The van der Waals surface area contributed by atoms with E-state index in [0.717, 1.165) is 13.0 Å². The van der Waals surface area contributed by atoms with Crippen LogP contribution in [-0.4, -0.2) is 24.0 Å². The lowest BCUT2D eigenvalue weighted by Gasteiger charge is -2.13. The molecule has 0 spiro atoms. The van der Waals surface area contributed by atoms with Gasteiger partial charge in [-0.25, -0.2) is 0 Å². The van der Waals surface area contributed by atoms with Crippen molar-refractivity contribution in [3.63, 3.8) is 0 Å². The van der Waals surface area contributed by atoms with E-state index in [0.29, 0.717) is 0 Å². The summed E-state index contributed by atoms with van der Waals surface area (Å²) in [5.41, 5.74) is 1.26. The number of aliphatic hydroxyl groups excluding tert-OH is 1. The molecule has 2 N–H and O–H groups in total. The van der Waals surface area contributed by atoms with Gasteiger partial charge in [-0.3, -0.25) is 0 Å². The van der Waals surface area contributed by atoms with E-state index in [4.69, 9.17) is 5.11 Å². The van der Waals surface area contributed by atoms with Crippen molar-refractivity contribution in [2.24, 2.45) is 0 Å². The highest BCUT2D eigenvalue weighted by atomic mass is 32.2. The number of rotatable bonds is 6. The molecule has 0 heterocycles. The van der Waals surface area contributed by atoms with Crippen molar-refractivity contribution >= 4 is 11.8 Å². The summed E-state index contributed by atoms with van der Waals surface area (Å²) in [5, 5.41) is 12.3. The molecule has 0 aromatic heterocycles. The Morgan fingerprint density at radius 2 is 2.00 bits per heavy atom. The zero-order valence-electron chi connectivity index (χ0n) is 9.36. The van der Waals surface area contributed by atoms with Gasteiger partial charge in [0.2, 0.25) is 0 Å². The van der Waals surface area contributed by atoms with E-state index in [2.05, 4.69) is 42.8 Å². The van der Waals surface area contributed by atoms with E-state index >= 15 is 0 Å². The van der Waals surface area contributed by atoms with Crippen molar-refractivity contribution < 1.29 is 5.11 Å². The maximum absolute atomic E-state index is 9.02. The molecule has 2 nitrogen and oxygen atoms in total. The summed E-state index contributed by atoms with van der Waals surface area (Å²) in [5.74, 6) is 0. The molecule has 0 fully saturated rings. The lowest BCUT2D eigenvalue weighted by molar-refractivity contribution is 0.238. The number of hydrogen-bond acceptors (Lipinski definition) is 3. The fraction of sp³-hybridized carbons (Fsp3) is 0.500. The summed E-state index contributed by atoms with van der Waals surface area (Å²) >= 11 is 1.75. The average Bonchev–Trinajstić information content (AvgIpc) is 2.31. The summed E-state index contributed by atoms with van der Waals surface area (Å²) in [6.07, 6.45) is 3.03. The predicted molar refractivity (Wildman–Crippen MR) is 66.2 cm³/mol. The molecule has 1 atom stereocenters. The number of aliphatic hydroxyl groups is 1. The van der Waals surface area contributed by atoms with E-state index in [-0.39, 0.29) is 12.6 Å². The molecule has 1 aromatic rings. The predicted octanol–water partition coefficient (Wildman–Crippen LogP) is 2.27. The molecule has 1 aromatic carbocycles. The zero-order valence-corrected chi connectivity index (χ0v) is 10.2. The summed E-state index contributed by atoms with van der Waals surface area (Å²) < 4.78 is 0. The molecule has 0 unspecified atom stereocenters. The van der Waals surface area contributed by atoms with E-state index < -0.39 is 0 Å². The topological polar surface area (TPSA) is 32.3 Å². The van der Waals surface area contributed by atoms with Gasteiger partial charge in [-0.1, -0.05) is 19.1 Å². The molecule has 84 valence electrons. The van der Waals surface area contributed by atoms with Crippen LogP contribution in [0, 0.1) is 0 Å². The standard InChI is InChI=1S/C12H19NOS/c1-3-11(9-14)13-8-10-4-6-12(15-2)7-5-10/h4-7,11,13-14H,3,8-9H2,1-2H3/t11-/m0/s1. The monoisotopic (exact) mass is 225 g/mol. The SMILES string of the molecule is CC[C@@H](CO)NCc1ccc(SC)cc1. The molecule has 1 rings (SSSR count). The van der Waals surface area contributed by atoms with Crippen LogP contribution in [0.1, 0.15) is 18.9 Å². The van der Waals surface area contributed by atoms with Crippen LogP contribution in [0.5, 0.6) is 0 Å². The van der Waals surface area contributed by atoms with Gasteiger partial charge in [0.05, 0.1) is 6.61 Å². The highest BCUT2D eigenvalue weighted by molar-refractivity contribution is 7.98. The number of hydrogen-bond donors (Lipinski definition) is 2. The number of thioether (sulfide) groups is 1. The van der Waals surface area contributed by atoms with Crippen molar-refractivity contribution in [2.45, 2.75) is 30.8 Å². The summed E-state index contributed by atoms with van der Waals surface area (Å²) in [4.78, 5) is 1.29. The second kappa shape index (κ2) is 6.88. The Labute approximate surface area is 96.1 Å². The Morgan fingerprint density at radius 1 is 1.33 bits per heavy atom. The molecule has 0 saturated carbocycles. The van der Waals surface area contributed by atoms with Gasteiger partial charge in [0, 0.05) is 17.5 Å². The van der Waals surface area contributed by atoms with Gasteiger partial charge in [0.25, 0.3) is 0 Å². The third kappa shape index (κ3) is 4.24. The number of nitrogens with one attached hydrogen (secondary N) is 1. The highest BCUT2D eigenvalue weighted by Crippen LogP contribution is 2.14. The summed E-state index contributed by atoms with van der Waals surface area (Å²) in [7, 11) is 0. The van der Waals surface area contributed by atoms with Crippen LogP contribution in [0.25, 0.3) is 0 Å². The van der Waals surface area contributed by atoms with E-state index in [1.165, 1.54) is 10.5 Å². The maximum Gasteiger partial charge on any atom is 0.0584 e. The largest absolute Gasteiger partial charge is 0.395 e. The van der Waals surface area contributed by atoms with Gasteiger partial charge in [-0.05, 0) is 30.4 Å². The fourth-order valence-electron chi connectivity index (χ4n) is 1.34. The Morgan fingerprint density at radius 3 is 2.47 bits per heavy atom. The van der Waals surface area contributed by atoms with Gasteiger partial charge in [0.15, 0.2) is 0 Å². The second-order valence-electron chi connectivity index (χ2n) is 3.52. The van der Waals surface area contributed by atoms with Crippen LogP contribution >= 0.6 is 11.8 Å². The van der Waals surface area contributed by atoms with Crippen LogP contribution in [-0.2, 0) is 6.54 Å². The Kier molecular flexibility index (Phi) is 5.76. The van der Waals surface area contributed by atoms with Gasteiger partial charge < -0.3 is 10.4 Å². The smallest absolute Gasteiger partial charge is 0.0584 e. The second-order valence-corrected chi connectivity index (χ2v) is 4.40. The van der Waals surface area contributed by atoms with Crippen molar-refractivity contribution in [2.75, 3.05) is 12.9 Å². The average molecular weight is 225 g/mol. The molecule has 0 aliphatic rings. The Bertz CT molecular complexity index is 269. The van der Waals surface area contributed by atoms with Crippen molar-refractivity contribution in [3.8, 4) is 0 Å². The highest BCUT2D eigenvalue weighted by Gasteiger charge is 2.02. The molecule has 0 saturated heterocycles. The molecular weight excluding hydrogens is 206 g/mol. The first-order chi connectivity index (χ1) is 7.30.